The van der Waals surface area contributed by atoms with Crippen molar-refractivity contribution in [3.05, 3.63) is 0 Å². The lowest BCUT2D eigenvalue weighted by molar-refractivity contribution is -0.194. The van der Waals surface area contributed by atoms with Gasteiger partial charge in [-0.2, -0.15) is 0 Å². The molecule has 0 aromatic heterocycles. The van der Waals surface area contributed by atoms with Crippen molar-refractivity contribution in [1.82, 2.24) is 0 Å². The van der Waals surface area contributed by atoms with Crippen LogP contribution < -0.4 is 0 Å². The molecule has 0 unspecified atom stereocenters. The van der Waals surface area contributed by atoms with Crippen LogP contribution in [0.25, 0.3) is 0 Å². The van der Waals surface area contributed by atoms with Crippen LogP contribution in [0.15, 0.2) is 0 Å². The molecule has 22 heavy (non-hydrogen) atoms. The number of hydrogen-bond acceptors (Lipinski definition) is 2. The van der Waals surface area contributed by atoms with Gasteiger partial charge < -0.3 is 10.2 Å². The molecule has 6 aliphatic rings. The van der Waals surface area contributed by atoms with Gasteiger partial charge in [0.2, 0.25) is 0 Å². The van der Waals surface area contributed by atoms with Crippen LogP contribution in [0.1, 0.15) is 64.2 Å². The van der Waals surface area contributed by atoms with Crippen LogP contribution in [-0.2, 0) is 0 Å². The summed E-state index contributed by atoms with van der Waals surface area (Å²) >= 11 is 0. The Balaban J connectivity index is 1.41. The monoisotopic (exact) mass is 302 g/mol. The van der Waals surface area contributed by atoms with E-state index in [1.54, 1.807) is 0 Å². The molecule has 2 N–H and O–H groups in total. The first kappa shape index (κ1) is 13.2. The molecule has 0 radical (unpaired) electrons. The SMILES string of the molecule is O[C@@]1([C@]2(O)C[C@@H]3CC[C@@H]4CC[C@@H]2[C@H]43)C[C@@H]2CC[C@@H]3CC[C@@H]1[C@H]32. The van der Waals surface area contributed by atoms with E-state index in [1.165, 1.54) is 51.4 Å². The maximum Gasteiger partial charge on any atom is 0.0969 e. The molecule has 122 valence electrons. The van der Waals surface area contributed by atoms with E-state index in [0.717, 1.165) is 48.3 Å². The third-order valence-electron chi connectivity index (χ3n) is 9.74. The second kappa shape index (κ2) is 3.94. The van der Waals surface area contributed by atoms with Crippen LogP contribution in [0.5, 0.6) is 0 Å². The molecule has 6 fully saturated rings. The Hall–Kier alpha value is -0.0800. The number of aliphatic hydroxyl groups is 2. The van der Waals surface area contributed by atoms with Gasteiger partial charge in [0.15, 0.2) is 0 Å². The smallest absolute Gasteiger partial charge is 0.0969 e. The summed E-state index contributed by atoms with van der Waals surface area (Å²) in [4.78, 5) is 0. The van der Waals surface area contributed by atoms with Crippen LogP contribution in [0, 0.1) is 47.3 Å². The average Bonchev–Trinajstić information content (AvgIpc) is 3.24. The minimum atomic E-state index is -0.735. The molecule has 6 rings (SSSR count). The highest BCUT2D eigenvalue weighted by molar-refractivity contribution is 5.23. The Morgan fingerprint density at radius 3 is 1.32 bits per heavy atom. The van der Waals surface area contributed by atoms with Gasteiger partial charge in [-0.3, -0.25) is 0 Å². The van der Waals surface area contributed by atoms with Crippen LogP contribution in [0.4, 0.5) is 0 Å². The number of rotatable bonds is 1. The van der Waals surface area contributed by atoms with Crippen LogP contribution >= 0.6 is 0 Å². The third kappa shape index (κ3) is 1.27. The van der Waals surface area contributed by atoms with E-state index in [4.69, 9.17) is 0 Å². The first-order valence-electron chi connectivity index (χ1n) is 10.1. The van der Waals surface area contributed by atoms with E-state index >= 15 is 0 Å². The predicted octanol–water partition coefficient (Wildman–Crippen LogP) is 3.36. The fraction of sp³-hybridized carbons (Fsp3) is 1.00. The van der Waals surface area contributed by atoms with Crippen molar-refractivity contribution in [1.29, 1.82) is 0 Å². The summed E-state index contributed by atoms with van der Waals surface area (Å²) in [5, 5.41) is 23.7. The van der Waals surface area contributed by atoms with Gasteiger partial charge in [0, 0.05) is 0 Å². The van der Waals surface area contributed by atoms with Gasteiger partial charge >= 0.3 is 0 Å². The largest absolute Gasteiger partial charge is 0.387 e. The zero-order chi connectivity index (χ0) is 14.7. The Bertz CT molecular complexity index is 472. The van der Waals surface area contributed by atoms with Gasteiger partial charge in [0.25, 0.3) is 0 Å². The molecule has 0 saturated heterocycles. The second-order valence-corrected chi connectivity index (χ2v) is 9.97. The molecule has 2 heteroatoms. The summed E-state index contributed by atoms with van der Waals surface area (Å²) in [5.74, 6) is 5.57. The highest BCUT2D eigenvalue weighted by atomic mass is 16.4. The molecule has 6 saturated carbocycles. The van der Waals surface area contributed by atoms with E-state index in [1.807, 2.05) is 0 Å². The van der Waals surface area contributed by atoms with Gasteiger partial charge in [-0.25, -0.2) is 0 Å². The molecule has 0 spiro atoms. The van der Waals surface area contributed by atoms with Crippen molar-refractivity contribution in [3.63, 3.8) is 0 Å². The average molecular weight is 302 g/mol. The molecule has 2 nitrogen and oxygen atoms in total. The molecule has 0 heterocycles. The lowest BCUT2D eigenvalue weighted by Gasteiger charge is -2.47. The summed E-state index contributed by atoms with van der Waals surface area (Å²) in [6.45, 7) is 0. The summed E-state index contributed by atoms with van der Waals surface area (Å²) < 4.78 is 0. The standard InChI is InChI=1S/C20H30O2/c21-19(9-13-3-1-11-5-7-15(19)17(11)13)20(22)10-14-4-2-12-6-8-16(20)18(12)14/h11-18,21-22H,1-10H2/t11-,12-,13+,14+,15-,16-,17-,18-,19+,20+/m1/s1. The highest BCUT2D eigenvalue weighted by Crippen LogP contribution is 2.71. The second-order valence-electron chi connectivity index (χ2n) is 9.97. The minimum Gasteiger partial charge on any atom is -0.387 e. The van der Waals surface area contributed by atoms with Gasteiger partial charge in [-0.05, 0) is 112 Å². The molecular weight excluding hydrogens is 272 g/mol. The van der Waals surface area contributed by atoms with Crippen LogP contribution in [0.2, 0.25) is 0 Å². The van der Waals surface area contributed by atoms with Crippen molar-refractivity contribution >= 4 is 0 Å². The van der Waals surface area contributed by atoms with Crippen molar-refractivity contribution < 1.29 is 10.2 Å². The molecule has 0 amide bonds. The third-order valence-corrected chi connectivity index (χ3v) is 9.74. The minimum absolute atomic E-state index is 0.424. The Kier molecular flexibility index (Phi) is 2.37. The summed E-state index contributed by atoms with van der Waals surface area (Å²) in [5.41, 5.74) is -1.47. The fourth-order valence-electron chi connectivity index (χ4n) is 9.24. The van der Waals surface area contributed by atoms with Crippen LogP contribution in [-0.4, -0.2) is 21.4 Å². The highest BCUT2D eigenvalue weighted by Gasteiger charge is 2.73. The van der Waals surface area contributed by atoms with Gasteiger partial charge in [0.05, 0.1) is 11.2 Å². The predicted molar refractivity (Wildman–Crippen MR) is 84.0 cm³/mol. The fourth-order valence-corrected chi connectivity index (χ4v) is 9.24. The van der Waals surface area contributed by atoms with Gasteiger partial charge in [-0.1, -0.05) is 0 Å². The Labute approximate surface area is 133 Å². The molecule has 0 aliphatic heterocycles. The topological polar surface area (TPSA) is 40.5 Å². The normalized spacial score (nSPS) is 67.9. The van der Waals surface area contributed by atoms with Gasteiger partial charge in [0.1, 0.15) is 0 Å². The van der Waals surface area contributed by atoms with E-state index in [9.17, 15) is 10.2 Å². The zero-order valence-electron chi connectivity index (χ0n) is 13.6. The molecule has 0 aromatic rings. The lowest BCUT2D eigenvalue weighted by Crippen LogP contribution is -2.59. The molecule has 0 bridgehead atoms. The maximum absolute atomic E-state index is 11.9. The van der Waals surface area contributed by atoms with Crippen LogP contribution in [0.3, 0.4) is 0 Å². The Morgan fingerprint density at radius 1 is 0.500 bits per heavy atom. The van der Waals surface area contributed by atoms with E-state index < -0.39 is 11.2 Å². The summed E-state index contributed by atoms with van der Waals surface area (Å²) in [6, 6.07) is 0. The van der Waals surface area contributed by atoms with E-state index in [2.05, 4.69) is 0 Å². The van der Waals surface area contributed by atoms with Crippen molar-refractivity contribution in [2.45, 2.75) is 75.4 Å². The van der Waals surface area contributed by atoms with E-state index in [-0.39, 0.29) is 0 Å². The van der Waals surface area contributed by atoms with Crippen molar-refractivity contribution in [2.75, 3.05) is 0 Å². The summed E-state index contributed by atoms with van der Waals surface area (Å²) in [7, 11) is 0. The quantitative estimate of drug-likeness (QED) is 0.780. The van der Waals surface area contributed by atoms with Crippen molar-refractivity contribution in [3.8, 4) is 0 Å². The van der Waals surface area contributed by atoms with Gasteiger partial charge in [-0.15, -0.1) is 0 Å². The molecule has 10 atom stereocenters. The maximum atomic E-state index is 11.9. The number of hydrogen-bond donors (Lipinski definition) is 2. The molecule has 0 aromatic carbocycles. The molecular formula is C20H30O2. The molecule has 6 aliphatic carbocycles. The Morgan fingerprint density at radius 2 is 0.864 bits per heavy atom. The zero-order valence-corrected chi connectivity index (χ0v) is 13.6. The van der Waals surface area contributed by atoms with Crippen molar-refractivity contribution in [2.24, 2.45) is 47.3 Å². The summed E-state index contributed by atoms with van der Waals surface area (Å²) in [6.07, 6.45) is 12.3. The van der Waals surface area contributed by atoms with E-state index in [0.29, 0.717) is 11.8 Å². The lowest BCUT2D eigenvalue weighted by atomic mass is 9.67. The first-order valence-corrected chi connectivity index (χ1v) is 10.1. The first-order chi connectivity index (χ1) is 10.6.